The van der Waals surface area contributed by atoms with Gasteiger partial charge < -0.3 is 9.64 Å². The van der Waals surface area contributed by atoms with E-state index in [1.165, 1.54) is 0 Å². The fourth-order valence-corrected chi connectivity index (χ4v) is 2.29. The molecule has 1 saturated heterocycles. The third kappa shape index (κ3) is 5.48. The summed E-state index contributed by atoms with van der Waals surface area (Å²) < 4.78 is 5.09. The minimum Gasteiger partial charge on any atom is -0.460 e. The van der Waals surface area contributed by atoms with Crippen LogP contribution in [0, 0.1) is 0 Å². The standard InChI is InChI=1S/C15H21N3O2.2ClH/c1-3-12-20-15(19)13(2)17-8-10-18(11-9-17)14-6-4-5-7-16-14;;/h3-7,13H,1,8-12H2,2H3;2*1H. The predicted octanol–water partition coefficient (Wildman–Crippen LogP) is 2.16. The molecule has 2 rings (SSSR count). The number of halogens is 2. The Hall–Kier alpha value is -1.30. The summed E-state index contributed by atoms with van der Waals surface area (Å²) in [6.45, 7) is 9.12. The van der Waals surface area contributed by atoms with E-state index < -0.39 is 0 Å². The molecule has 1 fully saturated rings. The van der Waals surface area contributed by atoms with E-state index in [2.05, 4.69) is 21.4 Å². The molecule has 0 amide bonds. The summed E-state index contributed by atoms with van der Waals surface area (Å²) >= 11 is 0. The number of esters is 1. The number of carbonyl (C=O) groups is 1. The molecule has 1 unspecified atom stereocenters. The van der Waals surface area contributed by atoms with Crippen LogP contribution < -0.4 is 4.90 Å². The number of nitrogens with zero attached hydrogens (tertiary/aromatic N) is 3. The van der Waals surface area contributed by atoms with Crippen molar-refractivity contribution in [1.82, 2.24) is 9.88 Å². The monoisotopic (exact) mass is 347 g/mol. The normalized spacial score (nSPS) is 16.0. The number of aromatic nitrogens is 1. The molecular weight excluding hydrogens is 325 g/mol. The third-order valence-electron chi connectivity index (χ3n) is 3.52. The number of carbonyl (C=O) groups excluding carboxylic acids is 1. The Kier molecular flexibility index (Phi) is 9.81. The lowest BCUT2D eigenvalue weighted by molar-refractivity contribution is -0.148. The molecule has 124 valence electrons. The molecule has 2 heterocycles. The van der Waals surface area contributed by atoms with Crippen molar-refractivity contribution in [2.75, 3.05) is 37.7 Å². The summed E-state index contributed by atoms with van der Waals surface area (Å²) in [7, 11) is 0. The Morgan fingerprint density at radius 3 is 2.59 bits per heavy atom. The van der Waals surface area contributed by atoms with E-state index in [9.17, 15) is 4.79 Å². The Labute approximate surface area is 144 Å². The van der Waals surface area contributed by atoms with Gasteiger partial charge in [0.1, 0.15) is 18.5 Å². The highest BCUT2D eigenvalue weighted by Crippen LogP contribution is 2.14. The molecule has 5 nitrogen and oxygen atoms in total. The van der Waals surface area contributed by atoms with Crippen LogP contribution in [-0.4, -0.2) is 54.7 Å². The minimum atomic E-state index is -0.208. The van der Waals surface area contributed by atoms with Gasteiger partial charge in [-0.2, -0.15) is 0 Å². The van der Waals surface area contributed by atoms with Gasteiger partial charge >= 0.3 is 5.97 Å². The molecule has 1 aromatic heterocycles. The lowest BCUT2D eigenvalue weighted by Crippen LogP contribution is -2.52. The molecule has 1 atom stereocenters. The van der Waals surface area contributed by atoms with E-state index in [1.54, 1.807) is 12.3 Å². The zero-order valence-electron chi connectivity index (χ0n) is 12.7. The van der Waals surface area contributed by atoms with Crippen molar-refractivity contribution in [1.29, 1.82) is 0 Å². The van der Waals surface area contributed by atoms with Crippen molar-refractivity contribution in [2.45, 2.75) is 13.0 Å². The average Bonchev–Trinajstić information content (AvgIpc) is 2.53. The van der Waals surface area contributed by atoms with Crippen LogP contribution in [0.25, 0.3) is 0 Å². The minimum absolute atomic E-state index is 0. The second kappa shape index (κ2) is 10.4. The number of hydrogen-bond acceptors (Lipinski definition) is 5. The van der Waals surface area contributed by atoms with E-state index in [0.29, 0.717) is 0 Å². The van der Waals surface area contributed by atoms with Gasteiger partial charge in [0.15, 0.2) is 0 Å². The van der Waals surface area contributed by atoms with Crippen molar-refractivity contribution in [3.05, 3.63) is 37.1 Å². The summed E-state index contributed by atoms with van der Waals surface area (Å²) in [5.41, 5.74) is 0. The molecule has 0 radical (unpaired) electrons. The van der Waals surface area contributed by atoms with Crippen LogP contribution in [0.1, 0.15) is 6.92 Å². The maximum absolute atomic E-state index is 11.8. The van der Waals surface area contributed by atoms with Crippen molar-refractivity contribution in [3.63, 3.8) is 0 Å². The number of rotatable bonds is 5. The average molecular weight is 348 g/mol. The Balaban J connectivity index is 0.00000220. The first-order chi connectivity index (χ1) is 9.72. The second-order valence-electron chi connectivity index (χ2n) is 4.81. The summed E-state index contributed by atoms with van der Waals surface area (Å²) in [5, 5.41) is 0. The maximum Gasteiger partial charge on any atom is 0.323 e. The largest absolute Gasteiger partial charge is 0.460 e. The highest BCUT2D eigenvalue weighted by atomic mass is 35.5. The predicted molar refractivity (Wildman–Crippen MR) is 93.1 cm³/mol. The van der Waals surface area contributed by atoms with Crippen LogP contribution in [0.4, 0.5) is 5.82 Å². The Morgan fingerprint density at radius 1 is 1.36 bits per heavy atom. The van der Waals surface area contributed by atoms with Crippen LogP contribution in [0.5, 0.6) is 0 Å². The number of hydrogen-bond donors (Lipinski definition) is 0. The second-order valence-corrected chi connectivity index (χ2v) is 4.81. The Bertz CT molecular complexity index is 451. The van der Waals surface area contributed by atoms with Crippen LogP contribution in [-0.2, 0) is 9.53 Å². The van der Waals surface area contributed by atoms with Gasteiger partial charge in [-0.15, -0.1) is 24.8 Å². The highest BCUT2D eigenvalue weighted by molar-refractivity contribution is 5.85. The van der Waals surface area contributed by atoms with E-state index in [1.807, 2.05) is 25.1 Å². The number of anilines is 1. The van der Waals surface area contributed by atoms with Gasteiger partial charge in [0.25, 0.3) is 0 Å². The van der Waals surface area contributed by atoms with E-state index >= 15 is 0 Å². The van der Waals surface area contributed by atoms with Crippen molar-refractivity contribution >= 4 is 36.6 Å². The van der Waals surface area contributed by atoms with Crippen molar-refractivity contribution < 1.29 is 9.53 Å². The molecule has 7 heteroatoms. The van der Waals surface area contributed by atoms with Gasteiger partial charge in [-0.3, -0.25) is 9.69 Å². The number of ether oxygens (including phenoxy) is 1. The molecule has 0 N–H and O–H groups in total. The first-order valence-corrected chi connectivity index (χ1v) is 6.90. The van der Waals surface area contributed by atoms with Crippen LogP contribution in [0.3, 0.4) is 0 Å². The SMILES string of the molecule is C=CCOC(=O)C(C)N1CCN(c2ccccn2)CC1.Cl.Cl. The summed E-state index contributed by atoms with van der Waals surface area (Å²) in [4.78, 5) is 20.5. The zero-order chi connectivity index (χ0) is 14.4. The molecular formula is C15H23Cl2N3O2. The van der Waals surface area contributed by atoms with Gasteiger partial charge in [-0.1, -0.05) is 18.7 Å². The number of pyridine rings is 1. The van der Waals surface area contributed by atoms with Gasteiger partial charge in [-0.25, -0.2) is 4.98 Å². The molecule has 0 aromatic carbocycles. The van der Waals surface area contributed by atoms with Gasteiger partial charge in [0.2, 0.25) is 0 Å². The van der Waals surface area contributed by atoms with Gasteiger partial charge in [-0.05, 0) is 19.1 Å². The fraction of sp³-hybridized carbons (Fsp3) is 0.467. The summed E-state index contributed by atoms with van der Waals surface area (Å²) in [6, 6.07) is 5.71. The highest BCUT2D eigenvalue weighted by Gasteiger charge is 2.26. The fourth-order valence-electron chi connectivity index (χ4n) is 2.29. The van der Waals surface area contributed by atoms with E-state index in [0.717, 1.165) is 32.0 Å². The topological polar surface area (TPSA) is 45.7 Å². The van der Waals surface area contributed by atoms with Crippen LogP contribution in [0.2, 0.25) is 0 Å². The van der Waals surface area contributed by atoms with Gasteiger partial charge in [0.05, 0.1) is 0 Å². The lowest BCUT2D eigenvalue weighted by atomic mass is 10.2. The first-order valence-electron chi connectivity index (χ1n) is 6.90. The smallest absolute Gasteiger partial charge is 0.323 e. The molecule has 0 bridgehead atoms. The summed E-state index contributed by atoms with van der Waals surface area (Å²) in [6.07, 6.45) is 3.39. The van der Waals surface area contributed by atoms with Crippen molar-refractivity contribution in [3.8, 4) is 0 Å². The maximum atomic E-state index is 11.8. The van der Waals surface area contributed by atoms with Crippen molar-refractivity contribution in [2.24, 2.45) is 0 Å². The lowest BCUT2D eigenvalue weighted by Gasteiger charge is -2.37. The van der Waals surface area contributed by atoms with E-state index in [-0.39, 0.29) is 43.4 Å². The summed E-state index contributed by atoms with van der Waals surface area (Å²) in [5.74, 6) is 0.810. The molecule has 0 saturated carbocycles. The van der Waals surface area contributed by atoms with Gasteiger partial charge in [0, 0.05) is 32.4 Å². The quantitative estimate of drug-likeness (QED) is 0.603. The molecule has 1 aromatic rings. The third-order valence-corrected chi connectivity index (χ3v) is 3.52. The van der Waals surface area contributed by atoms with Crippen LogP contribution >= 0.6 is 24.8 Å². The molecule has 1 aliphatic rings. The molecule has 0 spiro atoms. The Morgan fingerprint density at radius 2 is 2.05 bits per heavy atom. The molecule has 1 aliphatic heterocycles. The molecule has 0 aliphatic carbocycles. The van der Waals surface area contributed by atoms with Crippen LogP contribution in [0.15, 0.2) is 37.1 Å². The molecule has 22 heavy (non-hydrogen) atoms. The zero-order valence-corrected chi connectivity index (χ0v) is 14.3. The first kappa shape index (κ1) is 20.7. The number of piperazine rings is 1. The van der Waals surface area contributed by atoms with E-state index in [4.69, 9.17) is 4.74 Å².